The third-order valence-corrected chi connectivity index (χ3v) is 2.43. The smallest absolute Gasteiger partial charge is 0.249 e. The van der Waals surface area contributed by atoms with Crippen LogP contribution < -0.4 is 5.73 Å². The number of nitrogens with two attached hydrogens (primary N) is 1. The van der Waals surface area contributed by atoms with Crippen molar-refractivity contribution < 1.29 is 9.59 Å². The monoisotopic (exact) mass is 289 g/mol. The highest BCUT2D eigenvalue weighted by Crippen LogP contribution is 2.16. The molecule has 2 N–H and O–H groups in total. The maximum absolute atomic E-state index is 10.9. The summed E-state index contributed by atoms with van der Waals surface area (Å²) in [5.41, 5.74) is 6.72. The molecule has 1 amide bonds. The summed E-state index contributed by atoms with van der Waals surface area (Å²) in [5, 5.41) is 0. The molecule has 0 fully saturated rings. The van der Waals surface area contributed by atoms with Crippen LogP contribution in [-0.4, -0.2) is 12.2 Å². The average molecular weight is 289 g/mol. The van der Waals surface area contributed by atoms with E-state index >= 15 is 0 Å². The minimum atomic E-state index is -0.501. The topological polar surface area (TPSA) is 60.2 Å². The van der Waals surface area contributed by atoms with Gasteiger partial charge in [0.25, 0.3) is 0 Å². The van der Waals surface area contributed by atoms with Crippen LogP contribution in [0.2, 0.25) is 0 Å². The predicted octanol–water partition coefficient (Wildman–Crippen LogP) is 1.51. The lowest BCUT2D eigenvalue weighted by atomic mass is 10.0. The van der Waals surface area contributed by atoms with E-state index in [0.29, 0.717) is 16.7 Å². The van der Waals surface area contributed by atoms with Gasteiger partial charge in [0.2, 0.25) is 5.91 Å². The first-order valence-corrected chi connectivity index (χ1v) is 4.69. The number of halogens is 1. The summed E-state index contributed by atoms with van der Waals surface area (Å²) >= 11 is 2.04. The van der Waals surface area contributed by atoms with E-state index in [1.807, 2.05) is 22.6 Å². The van der Waals surface area contributed by atoms with Crippen LogP contribution in [0.25, 0.3) is 0 Å². The number of carbonyl (C=O) groups is 2. The normalized spacial score (nSPS) is 9.69. The van der Waals surface area contributed by atoms with Crippen LogP contribution in [0.1, 0.15) is 26.3 Å². The Morgan fingerprint density at radius 1 is 1.54 bits per heavy atom. The number of rotatable bonds is 2. The summed E-state index contributed by atoms with van der Waals surface area (Å²) < 4.78 is 0.832. The third-order valence-electron chi connectivity index (χ3n) is 1.81. The molecule has 0 spiro atoms. The molecule has 68 valence electrons. The van der Waals surface area contributed by atoms with Gasteiger partial charge in [-0.25, -0.2) is 0 Å². The van der Waals surface area contributed by atoms with Crippen LogP contribution in [-0.2, 0) is 0 Å². The number of aldehydes is 1. The van der Waals surface area contributed by atoms with Gasteiger partial charge in [0.05, 0.1) is 0 Å². The zero-order chi connectivity index (χ0) is 10.0. The van der Waals surface area contributed by atoms with Crippen LogP contribution in [0.3, 0.4) is 0 Å². The molecule has 0 aliphatic carbocycles. The lowest BCUT2D eigenvalue weighted by Gasteiger charge is -2.04. The molecule has 1 aromatic carbocycles. The molecule has 0 radical (unpaired) electrons. The number of primary amides is 1. The summed E-state index contributed by atoms with van der Waals surface area (Å²) in [6.45, 7) is 1.71. The van der Waals surface area contributed by atoms with Gasteiger partial charge < -0.3 is 5.73 Å². The molecule has 1 aromatic rings. The summed E-state index contributed by atoms with van der Waals surface area (Å²) in [6, 6.07) is 3.39. The van der Waals surface area contributed by atoms with Gasteiger partial charge in [-0.15, -0.1) is 0 Å². The minimum Gasteiger partial charge on any atom is -0.366 e. The van der Waals surface area contributed by atoms with Crippen molar-refractivity contribution >= 4 is 34.8 Å². The molecule has 0 atom stereocenters. The molecule has 0 saturated carbocycles. The lowest BCUT2D eigenvalue weighted by molar-refractivity contribution is 0.0999. The number of benzene rings is 1. The standard InChI is InChI=1S/C9H8INO2/c1-5-6(4-12)2-7(10)3-8(5)9(11)13/h2-4H,1H3,(H2,11,13). The summed E-state index contributed by atoms with van der Waals surface area (Å²) in [5.74, 6) is -0.501. The Balaban J connectivity index is 3.44. The number of hydrogen-bond acceptors (Lipinski definition) is 2. The van der Waals surface area contributed by atoms with Crippen molar-refractivity contribution in [2.75, 3.05) is 0 Å². The van der Waals surface area contributed by atoms with E-state index in [0.717, 1.165) is 9.86 Å². The number of hydrogen-bond donors (Lipinski definition) is 1. The highest BCUT2D eigenvalue weighted by Gasteiger charge is 2.09. The Morgan fingerprint density at radius 3 is 2.62 bits per heavy atom. The largest absolute Gasteiger partial charge is 0.366 e. The van der Waals surface area contributed by atoms with E-state index in [1.165, 1.54) is 0 Å². The molecular formula is C9H8INO2. The first-order chi connectivity index (χ1) is 6.06. The zero-order valence-corrected chi connectivity index (χ0v) is 9.16. The molecule has 0 heterocycles. The molecule has 13 heavy (non-hydrogen) atoms. The van der Waals surface area contributed by atoms with Crippen molar-refractivity contribution in [3.8, 4) is 0 Å². The first-order valence-electron chi connectivity index (χ1n) is 3.61. The van der Waals surface area contributed by atoms with Crippen LogP contribution in [0.15, 0.2) is 12.1 Å². The van der Waals surface area contributed by atoms with Gasteiger partial charge >= 0.3 is 0 Å². The van der Waals surface area contributed by atoms with Gasteiger partial charge in [-0.1, -0.05) is 0 Å². The van der Waals surface area contributed by atoms with Gasteiger partial charge in [-0.3, -0.25) is 9.59 Å². The highest BCUT2D eigenvalue weighted by atomic mass is 127. The maximum Gasteiger partial charge on any atom is 0.249 e. The van der Waals surface area contributed by atoms with Gasteiger partial charge in [-0.05, 0) is 47.2 Å². The van der Waals surface area contributed by atoms with E-state index in [4.69, 9.17) is 5.73 Å². The molecular weight excluding hydrogens is 281 g/mol. The summed E-state index contributed by atoms with van der Waals surface area (Å²) in [4.78, 5) is 21.5. The van der Waals surface area contributed by atoms with Gasteiger partial charge in [0.15, 0.2) is 0 Å². The van der Waals surface area contributed by atoms with Gasteiger partial charge in [-0.2, -0.15) is 0 Å². The second-order valence-electron chi connectivity index (χ2n) is 2.65. The molecule has 0 aliphatic heterocycles. The summed E-state index contributed by atoms with van der Waals surface area (Å²) in [7, 11) is 0. The van der Waals surface area contributed by atoms with Crippen molar-refractivity contribution in [2.24, 2.45) is 5.73 Å². The maximum atomic E-state index is 10.9. The summed E-state index contributed by atoms with van der Waals surface area (Å²) in [6.07, 6.45) is 0.726. The molecule has 0 aromatic heterocycles. The molecule has 4 heteroatoms. The lowest BCUT2D eigenvalue weighted by Crippen LogP contribution is -2.14. The second-order valence-corrected chi connectivity index (χ2v) is 3.90. The molecule has 0 unspecified atom stereocenters. The Kier molecular flexibility index (Phi) is 3.02. The van der Waals surface area contributed by atoms with Crippen molar-refractivity contribution in [1.82, 2.24) is 0 Å². The van der Waals surface area contributed by atoms with E-state index < -0.39 is 5.91 Å². The molecule has 1 rings (SSSR count). The van der Waals surface area contributed by atoms with E-state index in [-0.39, 0.29) is 0 Å². The Hall–Kier alpha value is -0.910. The van der Waals surface area contributed by atoms with Crippen molar-refractivity contribution in [3.05, 3.63) is 32.4 Å². The van der Waals surface area contributed by atoms with Crippen LogP contribution in [0.4, 0.5) is 0 Å². The molecule has 0 saturated heterocycles. The zero-order valence-electron chi connectivity index (χ0n) is 7.00. The predicted molar refractivity (Wildman–Crippen MR) is 57.8 cm³/mol. The Morgan fingerprint density at radius 2 is 2.15 bits per heavy atom. The Bertz CT molecular complexity index is 374. The highest BCUT2D eigenvalue weighted by molar-refractivity contribution is 14.1. The van der Waals surface area contributed by atoms with E-state index in [1.54, 1.807) is 19.1 Å². The van der Waals surface area contributed by atoms with Gasteiger partial charge in [0.1, 0.15) is 6.29 Å². The quantitative estimate of drug-likeness (QED) is 0.662. The Labute approximate surface area is 89.5 Å². The molecule has 3 nitrogen and oxygen atoms in total. The second kappa shape index (κ2) is 3.87. The van der Waals surface area contributed by atoms with Crippen LogP contribution >= 0.6 is 22.6 Å². The van der Waals surface area contributed by atoms with Crippen LogP contribution in [0.5, 0.6) is 0 Å². The van der Waals surface area contributed by atoms with Crippen LogP contribution in [0, 0.1) is 10.5 Å². The van der Waals surface area contributed by atoms with E-state index in [2.05, 4.69) is 0 Å². The fourth-order valence-electron chi connectivity index (χ4n) is 1.08. The van der Waals surface area contributed by atoms with Crippen molar-refractivity contribution in [1.29, 1.82) is 0 Å². The van der Waals surface area contributed by atoms with Gasteiger partial charge in [0, 0.05) is 14.7 Å². The van der Waals surface area contributed by atoms with Crippen molar-refractivity contribution in [3.63, 3.8) is 0 Å². The number of carbonyl (C=O) groups excluding carboxylic acids is 2. The van der Waals surface area contributed by atoms with E-state index in [9.17, 15) is 9.59 Å². The SMILES string of the molecule is Cc1c(C=O)cc(I)cc1C(N)=O. The average Bonchev–Trinajstić information content (AvgIpc) is 2.08. The molecule has 0 aliphatic rings. The fourth-order valence-corrected chi connectivity index (χ4v) is 1.73. The third kappa shape index (κ3) is 2.06. The van der Waals surface area contributed by atoms with Crippen molar-refractivity contribution in [2.45, 2.75) is 6.92 Å². The minimum absolute atomic E-state index is 0.411. The fraction of sp³-hybridized carbons (Fsp3) is 0.111. The molecule has 0 bridgehead atoms. The number of amides is 1. The first kappa shape index (κ1) is 10.2.